The van der Waals surface area contributed by atoms with E-state index >= 15 is 0 Å². The summed E-state index contributed by atoms with van der Waals surface area (Å²) in [7, 11) is -0.361. The molecule has 1 unspecified atom stereocenters. The van der Waals surface area contributed by atoms with Crippen LogP contribution in [0.1, 0.15) is 18.5 Å². The van der Waals surface area contributed by atoms with Crippen LogP contribution in [-0.4, -0.2) is 46.0 Å². The van der Waals surface area contributed by atoms with Gasteiger partial charge in [-0.1, -0.05) is 6.07 Å². The zero-order valence-corrected chi connectivity index (χ0v) is 17.3. The molecule has 29 heavy (non-hydrogen) atoms. The number of fused-ring (bicyclic) bond motifs is 1. The van der Waals surface area contributed by atoms with Gasteiger partial charge in [-0.3, -0.25) is 14.1 Å². The van der Waals surface area contributed by atoms with E-state index in [-0.39, 0.29) is 16.7 Å². The van der Waals surface area contributed by atoms with Gasteiger partial charge in [-0.2, -0.15) is 4.31 Å². The number of aromatic nitrogens is 3. The maximum absolute atomic E-state index is 13.2. The maximum atomic E-state index is 13.2. The van der Waals surface area contributed by atoms with E-state index in [9.17, 15) is 13.2 Å². The Hall–Kier alpha value is -2.49. The van der Waals surface area contributed by atoms with Crippen LogP contribution in [-0.2, 0) is 35.5 Å². The van der Waals surface area contributed by atoms with E-state index in [1.807, 2.05) is 18.2 Å². The molecule has 9 heteroatoms. The molecule has 1 fully saturated rings. The van der Waals surface area contributed by atoms with E-state index in [1.165, 1.54) is 13.4 Å². The van der Waals surface area contributed by atoms with Gasteiger partial charge in [-0.15, -0.1) is 0 Å². The molecule has 8 nitrogen and oxygen atoms in total. The highest BCUT2D eigenvalue weighted by Crippen LogP contribution is 2.25. The van der Waals surface area contributed by atoms with E-state index < -0.39 is 10.0 Å². The van der Waals surface area contributed by atoms with E-state index in [2.05, 4.69) is 4.98 Å². The van der Waals surface area contributed by atoms with Gasteiger partial charge < -0.3 is 4.74 Å². The Bertz CT molecular complexity index is 1180. The monoisotopic (exact) mass is 416 g/mol. The molecule has 154 valence electrons. The lowest BCUT2D eigenvalue weighted by molar-refractivity contribution is 0.00666. The molecule has 0 spiro atoms. The molecule has 0 saturated carbocycles. The first-order chi connectivity index (χ1) is 13.9. The van der Waals surface area contributed by atoms with Gasteiger partial charge in [0, 0.05) is 33.4 Å². The molecule has 1 saturated heterocycles. The average molecular weight is 417 g/mol. The van der Waals surface area contributed by atoms with Crippen LogP contribution in [0, 0.1) is 0 Å². The van der Waals surface area contributed by atoms with Crippen LogP contribution in [0.15, 0.2) is 52.3 Å². The van der Waals surface area contributed by atoms with Gasteiger partial charge in [0.2, 0.25) is 10.0 Å². The molecule has 3 heterocycles. The predicted octanol–water partition coefficient (Wildman–Crippen LogP) is 1.64. The summed E-state index contributed by atoms with van der Waals surface area (Å²) >= 11 is 0. The SMILES string of the molecule is Cn1c(=O)n(C)c2cc(S(=O)(=O)N3CCCC(OCc4ccccn4)C3)ccc21. The van der Waals surface area contributed by atoms with Crippen LogP contribution in [0.2, 0.25) is 0 Å². The average Bonchev–Trinajstić information content (AvgIpc) is 2.97. The molecule has 0 N–H and O–H groups in total. The van der Waals surface area contributed by atoms with Crippen LogP contribution in [0.25, 0.3) is 11.0 Å². The molecule has 0 aliphatic carbocycles. The van der Waals surface area contributed by atoms with Crippen molar-refractivity contribution in [2.45, 2.75) is 30.4 Å². The van der Waals surface area contributed by atoms with Gasteiger partial charge in [-0.25, -0.2) is 13.2 Å². The summed E-state index contributed by atoms with van der Waals surface area (Å²) in [4.78, 5) is 16.6. The van der Waals surface area contributed by atoms with Crippen molar-refractivity contribution < 1.29 is 13.2 Å². The number of piperidine rings is 1. The zero-order chi connectivity index (χ0) is 20.6. The fourth-order valence-corrected chi connectivity index (χ4v) is 5.27. The second-order valence-corrected chi connectivity index (χ2v) is 9.25. The fraction of sp³-hybridized carbons (Fsp3) is 0.400. The number of benzene rings is 1. The van der Waals surface area contributed by atoms with Crippen molar-refractivity contribution in [3.05, 3.63) is 58.8 Å². The third kappa shape index (κ3) is 3.73. The second-order valence-electron chi connectivity index (χ2n) is 7.31. The standard InChI is InChI=1S/C20H24N4O4S/c1-22-18-9-8-17(12-19(18)23(2)20(22)25)29(26,27)24-11-5-7-16(13-24)28-14-15-6-3-4-10-21-15/h3-4,6,8-10,12,16H,5,7,11,13-14H2,1-2H3. The normalized spacial score (nSPS) is 18.3. The lowest BCUT2D eigenvalue weighted by atomic mass is 10.1. The Kier molecular flexibility index (Phi) is 5.28. The second kappa shape index (κ2) is 7.74. The first-order valence-corrected chi connectivity index (χ1v) is 11.0. The smallest absolute Gasteiger partial charge is 0.328 e. The van der Waals surface area contributed by atoms with Gasteiger partial charge in [-0.05, 0) is 43.2 Å². The topological polar surface area (TPSA) is 86.4 Å². The van der Waals surface area contributed by atoms with Gasteiger partial charge >= 0.3 is 5.69 Å². The number of hydrogen-bond donors (Lipinski definition) is 0. The molecule has 3 aromatic rings. The van der Waals surface area contributed by atoms with Crippen molar-refractivity contribution in [3.8, 4) is 0 Å². The van der Waals surface area contributed by atoms with Crippen LogP contribution in [0.4, 0.5) is 0 Å². The van der Waals surface area contributed by atoms with E-state index in [4.69, 9.17) is 4.74 Å². The fourth-order valence-electron chi connectivity index (χ4n) is 3.74. The van der Waals surface area contributed by atoms with E-state index in [0.29, 0.717) is 30.7 Å². The summed E-state index contributed by atoms with van der Waals surface area (Å²) in [5.41, 5.74) is 1.93. The van der Waals surface area contributed by atoms with Gasteiger partial charge in [0.15, 0.2) is 0 Å². The molecule has 0 radical (unpaired) electrons. The molecule has 1 aliphatic rings. The number of aryl methyl sites for hydroxylation is 2. The predicted molar refractivity (Wildman–Crippen MR) is 109 cm³/mol. The lowest BCUT2D eigenvalue weighted by Gasteiger charge is -2.31. The Morgan fingerprint density at radius 1 is 1.14 bits per heavy atom. The Labute approximate surface area is 169 Å². The summed E-state index contributed by atoms with van der Waals surface area (Å²) in [5, 5.41) is 0. The minimum Gasteiger partial charge on any atom is -0.371 e. The highest BCUT2D eigenvalue weighted by atomic mass is 32.2. The number of hydrogen-bond acceptors (Lipinski definition) is 5. The van der Waals surface area contributed by atoms with Crippen LogP contribution >= 0.6 is 0 Å². The minimum absolute atomic E-state index is 0.176. The van der Waals surface area contributed by atoms with Gasteiger partial charge in [0.05, 0.1) is 34.3 Å². The first-order valence-electron chi connectivity index (χ1n) is 9.55. The van der Waals surface area contributed by atoms with Crippen LogP contribution in [0.3, 0.4) is 0 Å². The Morgan fingerprint density at radius 3 is 2.69 bits per heavy atom. The number of sulfonamides is 1. The molecule has 2 aromatic heterocycles. The minimum atomic E-state index is -3.68. The van der Waals surface area contributed by atoms with Crippen molar-refractivity contribution in [1.82, 2.24) is 18.4 Å². The summed E-state index contributed by atoms with van der Waals surface area (Å²) in [6.45, 7) is 1.12. The molecular weight excluding hydrogens is 392 g/mol. The number of rotatable bonds is 5. The number of nitrogens with zero attached hydrogens (tertiary/aromatic N) is 4. The van der Waals surface area contributed by atoms with Crippen LogP contribution in [0.5, 0.6) is 0 Å². The molecule has 1 aromatic carbocycles. The summed E-state index contributed by atoms with van der Waals surface area (Å²) in [6, 6.07) is 10.5. The Balaban J connectivity index is 1.54. The number of ether oxygens (including phenoxy) is 1. The molecule has 0 amide bonds. The van der Waals surface area contributed by atoms with E-state index in [0.717, 1.165) is 18.5 Å². The highest BCUT2D eigenvalue weighted by Gasteiger charge is 2.31. The molecule has 1 aliphatic heterocycles. The third-order valence-corrected chi connectivity index (χ3v) is 7.28. The maximum Gasteiger partial charge on any atom is 0.328 e. The van der Waals surface area contributed by atoms with Crippen molar-refractivity contribution in [1.29, 1.82) is 0 Å². The zero-order valence-electron chi connectivity index (χ0n) is 16.5. The quantitative estimate of drug-likeness (QED) is 0.631. The van der Waals surface area contributed by atoms with E-state index in [1.54, 1.807) is 38.5 Å². The molecule has 0 bridgehead atoms. The number of pyridine rings is 1. The Morgan fingerprint density at radius 2 is 1.93 bits per heavy atom. The van der Waals surface area contributed by atoms with Crippen molar-refractivity contribution in [2.75, 3.05) is 13.1 Å². The van der Waals surface area contributed by atoms with Gasteiger partial charge in [0.1, 0.15) is 0 Å². The molecular formula is C20H24N4O4S. The highest BCUT2D eigenvalue weighted by molar-refractivity contribution is 7.89. The lowest BCUT2D eigenvalue weighted by Crippen LogP contribution is -2.43. The van der Waals surface area contributed by atoms with Crippen molar-refractivity contribution in [2.24, 2.45) is 14.1 Å². The largest absolute Gasteiger partial charge is 0.371 e. The van der Waals surface area contributed by atoms with Crippen molar-refractivity contribution >= 4 is 21.1 Å². The summed E-state index contributed by atoms with van der Waals surface area (Å²) in [5.74, 6) is 0. The first kappa shape index (κ1) is 19.8. The summed E-state index contributed by atoms with van der Waals surface area (Å²) < 4.78 is 36.8. The van der Waals surface area contributed by atoms with Gasteiger partial charge in [0.25, 0.3) is 0 Å². The molecule has 4 rings (SSSR count). The molecule has 1 atom stereocenters. The van der Waals surface area contributed by atoms with Crippen LogP contribution < -0.4 is 5.69 Å². The van der Waals surface area contributed by atoms with Crippen molar-refractivity contribution in [3.63, 3.8) is 0 Å². The summed E-state index contributed by atoms with van der Waals surface area (Å²) in [6.07, 6.45) is 3.08. The number of imidazole rings is 1. The third-order valence-electron chi connectivity index (χ3n) is 5.42.